The molecular weight excluding hydrogens is 324 g/mol. The third kappa shape index (κ3) is 6.25. The van der Waals surface area contributed by atoms with Gasteiger partial charge in [0.2, 0.25) is 5.91 Å². The fraction of sp³-hybridized carbons (Fsp3) is 0.364. The number of nitrogens with zero attached hydrogens (tertiary/aromatic N) is 1. The third-order valence-corrected chi connectivity index (χ3v) is 4.06. The lowest BCUT2D eigenvalue weighted by Gasteiger charge is -2.19. The van der Waals surface area contributed by atoms with Crippen LogP contribution < -0.4 is 10.1 Å². The maximum atomic E-state index is 12.0. The standard InChI is InChI=1S/C22H26N2O2/c1-22(2,3)18-8-12-20(13-9-18)26-16-4-5-21(25)24-19-10-6-17(7-11-19)14-15-23/h6-13H,4-5,14,16H2,1-3H3,(H,24,25). The fourth-order valence-electron chi connectivity index (χ4n) is 2.49. The zero-order valence-corrected chi connectivity index (χ0v) is 15.7. The van der Waals surface area contributed by atoms with Crippen LogP contribution in [0.15, 0.2) is 48.5 Å². The van der Waals surface area contributed by atoms with Gasteiger partial charge in [-0.1, -0.05) is 45.0 Å². The van der Waals surface area contributed by atoms with E-state index in [4.69, 9.17) is 10.00 Å². The van der Waals surface area contributed by atoms with Crippen LogP contribution >= 0.6 is 0 Å². The molecule has 0 heterocycles. The van der Waals surface area contributed by atoms with E-state index in [2.05, 4.69) is 44.3 Å². The van der Waals surface area contributed by atoms with Crippen LogP contribution in [0.5, 0.6) is 5.75 Å². The Balaban J connectivity index is 1.70. The summed E-state index contributed by atoms with van der Waals surface area (Å²) >= 11 is 0. The summed E-state index contributed by atoms with van der Waals surface area (Å²) in [6, 6.07) is 17.6. The summed E-state index contributed by atoms with van der Waals surface area (Å²) in [5, 5.41) is 11.5. The van der Waals surface area contributed by atoms with Crippen LogP contribution in [0.4, 0.5) is 5.69 Å². The third-order valence-electron chi connectivity index (χ3n) is 4.06. The van der Waals surface area contributed by atoms with E-state index in [0.717, 1.165) is 17.0 Å². The van der Waals surface area contributed by atoms with Crippen molar-refractivity contribution in [1.29, 1.82) is 5.26 Å². The molecule has 0 saturated carbocycles. The van der Waals surface area contributed by atoms with Crippen LogP contribution in [-0.4, -0.2) is 12.5 Å². The van der Waals surface area contributed by atoms with Crippen LogP contribution in [0, 0.1) is 11.3 Å². The predicted octanol–water partition coefficient (Wildman–Crippen LogP) is 4.85. The zero-order chi connectivity index (χ0) is 19.0. The van der Waals surface area contributed by atoms with Gasteiger partial charge in [-0.15, -0.1) is 0 Å². The van der Waals surface area contributed by atoms with Crippen molar-refractivity contribution in [1.82, 2.24) is 0 Å². The SMILES string of the molecule is CC(C)(C)c1ccc(OCCCC(=O)Nc2ccc(CC#N)cc2)cc1. The van der Waals surface area contributed by atoms with Crippen molar-refractivity contribution in [2.24, 2.45) is 0 Å². The van der Waals surface area contributed by atoms with E-state index in [1.54, 1.807) is 0 Å². The molecule has 0 aromatic heterocycles. The minimum atomic E-state index is -0.0373. The van der Waals surface area contributed by atoms with Gasteiger partial charge in [0.05, 0.1) is 19.1 Å². The van der Waals surface area contributed by atoms with Crippen molar-refractivity contribution in [3.05, 3.63) is 59.7 Å². The monoisotopic (exact) mass is 350 g/mol. The first-order valence-electron chi connectivity index (χ1n) is 8.87. The number of rotatable bonds is 7. The Kier molecular flexibility index (Phi) is 6.80. The number of hydrogen-bond donors (Lipinski definition) is 1. The van der Waals surface area contributed by atoms with E-state index >= 15 is 0 Å². The quantitative estimate of drug-likeness (QED) is 0.726. The molecule has 4 heteroatoms. The lowest BCUT2D eigenvalue weighted by atomic mass is 9.87. The molecule has 2 aromatic carbocycles. The van der Waals surface area contributed by atoms with Crippen LogP contribution in [0.25, 0.3) is 0 Å². The number of nitrogens with one attached hydrogen (secondary N) is 1. The normalized spacial score (nSPS) is 10.8. The lowest BCUT2D eigenvalue weighted by Crippen LogP contribution is -2.13. The van der Waals surface area contributed by atoms with E-state index < -0.39 is 0 Å². The average Bonchev–Trinajstić information content (AvgIpc) is 2.60. The molecule has 0 aliphatic heterocycles. The number of benzene rings is 2. The van der Waals surface area contributed by atoms with Gasteiger partial charge in [0.1, 0.15) is 5.75 Å². The molecular formula is C22H26N2O2. The highest BCUT2D eigenvalue weighted by molar-refractivity contribution is 5.90. The Morgan fingerprint density at radius 1 is 1.08 bits per heavy atom. The Morgan fingerprint density at radius 3 is 2.31 bits per heavy atom. The van der Waals surface area contributed by atoms with E-state index in [1.807, 2.05) is 36.4 Å². The molecule has 0 aliphatic rings. The topological polar surface area (TPSA) is 62.1 Å². The second-order valence-electron chi connectivity index (χ2n) is 7.31. The van der Waals surface area contributed by atoms with Gasteiger partial charge in [0.25, 0.3) is 0 Å². The summed E-state index contributed by atoms with van der Waals surface area (Å²) in [6.45, 7) is 7.04. The number of nitriles is 1. The molecule has 1 amide bonds. The van der Waals surface area contributed by atoms with Gasteiger partial charge >= 0.3 is 0 Å². The van der Waals surface area contributed by atoms with Crippen molar-refractivity contribution in [3.63, 3.8) is 0 Å². The first-order valence-corrected chi connectivity index (χ1v) is 8.87. The molecule has 2 rings (SSSR count). The van der Waals surface area contributed by atoms with Crippen LogP contribution in [0.2, 0.25) is 0 Å². The van der Waals surface area contributed by atoms with Crippen molar-refractivity contribution in [2.45, 2.75) is 45.4 Å². The van der Waals surface area contributed by atoms with E-state index in [0.29, 0.717) is 25.9 Å². The highest BCUT2D eigenvalue weighted by Gasteiger charge is 2.12. The molecule has 0 fully saturated rings. The van der Waals surface area contributed by atoms with Crippen LogP contribution in [0.3, 0.4) is 0 Å². The number of amides is 1. The summed E-state index contributed by atoms with van der Waals surface area (Å²) in [7, 11) is 0. The highest BCUT2D eigenvalue weighted by atomic mass is 16.5. The largest absolute Gasteiger partial charge is 0.494 e. The molecule has 0 bridgehead atoms. The second kappa shape index (κ2) is 9.05. The smallest absolute Gasteiger partial charge is 0.224 e. The second-order valence-corrected chi connectivity index (χ2v) is 7.31. The predicted molar refractivity (Wildman–Crippen MR) is 104 cm³/mol. The molecule has 136 valence electrons. The first kappa shape index (κ1) is 19.5. The Labute approximate surface area is 155 Å². The summed E-state index contributed by atoms with van der Waals surface area (Å²) in [6.07, 6.45) is 1.43. The van der Waals surface area contributed by atoms with Gasteiger partial charge in [-0.05, 0) is 47.2 Å². The van der Waals surface area contributed by atoms with E-state index in [9.17, 15) is 4.79 Å². The van der Waals surface area contributed by atoms with Gasteiger partial charge < -0.3 is 10.1 Å². The number of hydrogen-bond acceptors (Lipinski definition) is 3. The minimum absolute atomic E-state index is 0.0373. The minimum Gasteiger partial charge on any atom is -0.494 e. The summed E-state index contributed by atoms with van der Waals surface area (Å²) in [4.78, 5) is 12.0. The van der Waals surface area contributed by atoms with Gasteiger partial charge in [0, 0.05) is 12.1 Å². The van der Waals surface area contributed by atoms with Gasteiger partial charge in [-0.2, -0.15) is 5.26 Å². The molecule has 26 heavy (non-hydrogen) atoms. The van der Waals surface area contributed by atoms with Crippen molar-refractivity contribution in [2.75, 3.05) is 11.9 Å². The molecule has 0 radical (unpaired) electrons. The van der Waals surface area contributed by atoms with Crippen molar-refractivity contribution in [3.8, 4) is 11.8 Å². The number of ether oxygens (including phenoxy) is 1. The first-order chi connectivity index (χ1) is 12.4. The molecule has 0 aliphatic carbocycles. The fourth-order valence-corrected chi connectivity index (χ4v) is 2.49. The maximum absolute atomic E-state index is 12.0. The van der Waals surface area contributed by atoms with Gasteiger partial charge in [-0.25, -0.2) is 0 Å². The molecule has 4 nitrogen and oxygen atoms in total. The summed E-state index contributed by atoms with van der Waals surface area (Å²) in [5.74, 6) is 0.788. The molecule has 0 saturated heterocycles. The molecule has 0 unspecified atom stereocenters. The number of anilines is 1. The molecule has 0 spiro atoms. The molecule has 0 atom stereocenters. The van der Waals surface area contributed by atoms with E-state index in [1.165, 1.54) is 5.56 Å². The Bertz CT molecular complexity index is 751. The maximum Gasteiger partial charge on any atom is 0.224 e. The molecule has 2 aromatic rings. The van der Waals surface area contributed by atoms with Gasteiger partial charge in [-0.3, -0.25) is 4.79 Å². The zero-order valence-electron chi connectivity index (χ0n) is 15.7. The number of carbonyl (C=O) groups is 1. The van der Waals surface area contributed by atoms with Gasteiger partial charge in [0.15, 0.2) is 0 Å². The summed E-state index contributed by atoms with van der Waals surface area (Å²) < 4.78 is 5.71. The Morgan fingerprint density at radius 2 is 1.73 bits per heavy atom. The van der Waals surface area contributed by atoms with Crippen molar-refractivity contribution < 1.29 is 9.53 Å². The van der Waals surface area contributed by atoms with Crippen LogP contribution in [0.1, 0.15) is 44.7 Å². The number of carbonyl (C=O) groups excluding carboxylic acids is 1. The van der Waals surface area contributed by atoms with Crippen LogP contribution in [-0.2, 0) is 16.6 Å². The highest BCUT2D eigenvalue weighted by Crippen LogP contribution is 2.24. The summed E-state index contributed by atoms with van der Waals surface area (Å²) in [5.41, 5.74) is 3.08. The van der Waals surface area contributed by atoms with Crippen molar-refractivity contribution >= 4 is 11.6 Å². The lowest BCUT2D eigenvalue weighted by molar-refractivity contribution is -0.116. The van der Waals surface area contributed by atoms with E-state index in [-0.39, 0.29) is 11.3 Å². The average molecular weight is 350 g/mol. The molecule has 1 N–H and O–H groups in total. The Hall–Kier alpha value is -2.80.